The second kappa shape index (κ2) is 10.4. The van der Waals surface area contributed by atoms with E-state index in [0.717, 1.165) is 25.2 Å². The van der Waals surface area contributed by atoms with Gasteiger partial charge in [0.05, 0.1) is 10.6 Å². The lowest BCUT2D eigenvalue weighted by Crippen LogP contribution is -2.35. The van der Waals surface area contributed by atoms with Crippen LogP contribution >= 0.6 is 23.2 Å². The Morgan fingerprint density at radius 3 is 2.46 bits per heavy atom. The molecule has 0 aromatic heterocycles. The quantitative estimate of drug-likeness (QED) is 0.673. The minimum absolute atomic E-state index is 0.246. The number of rotatable bonds is 9. The molecule has 0 saturated carbocycles. The lowest BCUT2D eigenvalue weighted by atomic mass is 10.1. The molecular weight excluding hydrogens is 371 g/mol. The fourth-order valence-electron chi connectivity index (χ4n) is 2.57. The zero-order chi connectivity index (χ0) is 18.9. The van der Waals surface area contributed by atoms with Crippen molar-refractivity contribution in [1.29, 1.82) is 0 Å². The molecule has 2 rings (SSSR count). The van der Waals surface area contributed by atoms with Gasteiger partial charge in [0.1, 0.15) is 6.61 Å². The van der Waals surface area contributed by atoms with Crippen LogP contribution in [0.4, 0.5) is 0 Å². The molecule has 0 aliphatic rings. The van der Waals surface area contributed by atoms with Gasteiger partial charge in [-0.3, -0.25) is 4.79 Å². The van der Waals surface area contributed by atoms with Gasteiger partial charge in [0.2, 0.25) is 0 Å². The average molecular weight is 395 g/mol. The van der Waals surface area contributed by atoms with E-state index in [2.05, 4.69) is 24.1 Å². The molecule has 0 aliphatic heterocycles. The number of likely N-dealkylation sites (N-methyl/N-ethyl adjacent to an activating group) is 1. The van der Waals surface area contributed by atoms with Crippen LogP contribution < -0.4 is 10.1 Å². The summed E-state index contributed by atoms with van der Waals surface area (Å²) in [6, 6.07) is 12.9. The van der Waals surface area contributed by atoms with E-state index in [4.69, 9.17) is 27.9 Å². The lowest BCUT2D eigenvalue weighted by Gasteiger charge is -2.18. The Kier molecular flexibility index (Phi) is 8.23. The molecule has 2 aromatic rings. The van der Waals surface area contributed by atoms with Gasteiger partial charge in [0.25, 0.3) is 5.91 Å². The monoisotopic (exact) mass is 394 g/mol. The molecule has 1 N–H and O–H groups in total. The first-order valence-electron chi connectivity index (χ1n) is 8.71. The van der Waals surface area contributed by atoms with Crippen LogP contribution in [-0.4, -0.2) is 37.0 Å². The van der Waals surface area contributed by atoms with Crippen LogP contribution in [0.3, 0.4) is 0 Å². The minimum atomic E-state index is -0.246. The maximum Gasteiger partial charge on any atom is 0.255 e. The second-order valence-electron chi connectivity index (χ2n) is 5.82. The molecule has 0 aliphatic carbocycles. The largest absolute Gasteiger partial charge is 0.486 e. The van der Waals surface area contributed by atoms with E-state index in [0.29, 0.717) is 34.5 Å². The number of nitrogens with one attached hydrogen (secondary N) is 1. The summed E-state index contributed by atoms with van der Waals surface area (Å²) >= 11 is 12.4. The minimum Gasteiger partial charge on any atom is -0.486 e. The number of carbonyl (C=O) groups excluding carboxylic acids is 1. The molecule has 2 aromatic carbocycles. The van der Waals surface area contributed by atoms with Gasteiger partial charge < -0.3 is 15.0 Å². The fourth-order valence-corrected chi connectivity index (χ4v) is 3.12. The summed E-state index contributed by atoms with van der Waals surface area (Å²) in [6.45, 7) is 7.73. The van der Waals surface area contributed by atoms with Gasteiger partial charge in [-0.15, -0.1) is 0 Å². The van der Waals surface area contributed by atoms with Crippen LogP contribution in [0, 0.1) is 0 Å². The normalized spacial score (nSPS) is 10.8. The smallest absolute Gasteiger partial charge is 0.255 e. The molecule has 0 radical (unpaired) electrons. The third-order valence-corrected chi connectivity index (χ3v) is 4.59. The van der Waals surface area contributed by atoms with E-state index in [1.54, 1.807) is 12.1 Å². The zero-order valence-electron chi connectivity index (χ0n) is 15.1. The maximum atomic E-state index is 12.6. The van der Waals surface area contributed by atoms with E-state index in [9.17, 15) is 4.79 Å². The van der Waals surface area contributed by atoms with Crippen molar-refractivity contribution >= 4 is 29.1 Å². The molecule has 4 nitrogen and oxygen atoms in total. The molecule has 0 spiro atoms. The van der Waals surface area contributed by atoms with Gasteiger partial charge in [0.15, 0.2) is 5.75 Å². The molecule has 0 bridgehead atoms. The van der Waals surface area contributed by atoms with Crippen LogP contribution in [0.25, 0.3) is 0 Å². The molecule has 140 valence electrons. The van der Waals surface area contributed by atoms with Crippen molar-refractivity contribution in [3.63, 3.8) is 0 Å². The first-order chi connectivity index (χ1) is 12.5. The van der Waals surface area contributed by atoms with Gasteiger partial charge in [0, 0.05) is 18.1 Å². The topological polar surface area (TPSA) is 41.6 Å². The molecule has 0 saturated heterocycles. The summed E-state index contributed by atoms with van der Waals surface area (Å²) in [5.41, 5.74) is 1.34. The molecule has 0 fully saturated rings. The Morgan fingerprint density at radius 1 is 1.12 bits per heavy atom. The van der Waals surface area contributed by atoms with Crippen molar-refractivity contribution in [3.05, 3.63) is 63.6 Å². The summed E-state index contributed by atoms with van der Waals surface area (Å²) in [6.07, 6.45) is 0. The third kappa shape index (κ3) is 5.90. The van der Waals surface area contributed by atoms with E-state index in [-0.39, 0.29) is 5.91 Å². The van der Waals surface area contributed by atoms with E-state index < -0.39 is 0 Å². The highest BCUT2D eigenvalue weighted by Crippen LogP contribution is 2.33. The Bertz CT molecular complexity index is 719. The van der Waals surface area contributed by atoms with E-state index >= 15 is 0 Å². The standard InChI is InChI=1S/C20H24Cl2N2O2/c1-3-24(4-2)11-10-23-20(25)17-12-16(21)13-18(22)19(17)26-14-15-8-6-5-7-9-15/h5-9,12-13H,3-4,10-11,14H2,1-2H3,(H,23,25). The highest BCUT2D eigenvalue weighted by Gasteiger charge is 2.17. The third-order valence-electron chi connectivity index (χ3n) is 4.09. The van der Waals surface area contributed by atoms with Crippen molar-refractivity contribution < 1.29 is 9.53 Å². The van der Waals surface area contributed by atoms with Gasteiger partial charge in [-0.2, -0.15) is 0 Å². The average Bonchev–Trinajstić information content (AvgIpc) is 2.64. The van der Waals surface area contributed by atoms with Crippen molar-refractivity contribution in [3.8, 4) is 5.75 Å². The Labute approximate surface area is 165 Å². The van der Waals surface area contributed by atoms with Gasteiger partial charge in [-0.1, -0.05) is 67.4 Å². The summed E-state index contributed by atoms with van der Waals surface area (Å²) < 4.78 is 5.84. The molecule has 0 atom stereocenters. The van der Waals surface area contributed by atoms with E-state index in [1.165, 1.54) is 0 Å². The number of hydrogen-bond acceptors (Lipinski definition) is 3. The molecular formula is C20H24Cl2N2O2. The molecule has 0 unspecified atom stereocenters. The van der Waals surface area contributed by atoms with Crippen LogP contribution in [0.15, 0.2) is 42.5 Å². The Balaban J connectivity index is 2.09. The van der Waals surface area contributed by atoms with Gasteiger partial charge >= 0.3 is 0 Å². The van der Waals surface area contributed by atoms with Crippen LogP contribution in [-0.2, 0) is 6.61 Å². The second-order valence-corrected chi connectivity index (χ2v) is 6.66. The number of hydrogen-bond donors (Lipinski definition) is 1. The zero-order valence-corrected chi connectivity index (χ0v) is 16.6. The van der Waals surface area contributed by atoms with Crippen molar-refractivity contribution in [2.75, 3.05) is 26.2 Å². The maximum absolute atomic E-state index is 12.6. The van der Waals surface area contributed by atoms with Crippen LogP contribution in [0.5, 0.6) is 5.75 Å². The first-order valence-corrected chi connectivity index (χ1v) is 9.47. The molecule has 1 amide bonds. The van der Waals surface area contributed by atoms with Crippen molar-refractivity contribution in [1.82, 2.24) is 10.2 Å². The summed E-state index contributed by atoms with van der Waals surface area (Å²) in [5, 5.41) is 3.63. The highest BCUT2D eigenvalue weighted by atomic mass is 35.5. The summed E-state index contributed by atoms with van der Waals surface area (Å²) in [5.74, 6) is 0.102. The summed E-state index contributed by atoms with van der Waals surface area (Å²) in [4.78, 5) is 14.8. The number of halogens is 2. The predicted octanol–water partition coefficient (Wildman–Crippen LogP) is 4.64. The number of ether oxygens (including phenoxy) is 1. The van der Waals surface area contributed by atoms with Crippen LogP contribution in [0.2, 0.25) is 10.0 Å². The summed E-state index contributed by atoms with van der Waals surface area (Å²) in [7, 11) is 0. The SMILES string of the molecule is CCN(CC)CCNC(=O)c1cc(Cl)cc(Cl)c1OCc1ccccc1. The van der Waals surface area contributed by atoms with Crippen molar-refractivity contribution in [2.24, 2.45) is 0 Å². The molecule has 0 heterocycles. The van der Waals surface area contributed by atoms with Gasteiger partial charge in [-0.05, 0) is 30.8 Å². The molecule has 26 heavy (non-hydrogen) atoms. The Morgan fingerprint density at radius 2 is 1.81 bits per heavy atom. The highest BCUT2D eigenvalue weighted by molar-refractivity contribution is 6.36. The number of carbonyl (C=O) groups is 1. The van der Waals surface area contributed by atoms with E-state index in [1.807, 2.05) is 30.3 Å². The predicted molar refractivity (Wildman–Crippen MR) is 107 cm³/mol. The molecule has 6 heteroatoms. The lowest BCUT2D eigenvalue weighted by molar-refractivity contribution is 0.0944. The number of benzene rings is 2. The number of amides is 1. The first kappa shape index (κ1) is 20.6. The Hall–Kier alpha value is -1.75. The number of nitrogens with zero attached hydrogens (tertiary/aromatic N) is 1. The van der Waals surface area contributed by atoms with Crippen LogP contribution in [0.1, 0.15) is 29.8 Å². The van der Waals surface area contributed by atoms with Gasteiger partial charge in [-0.25, -0.2) is 0 Å². The van der Waals surface area contributed by atoms with Crippen molar-refractivity contribution in [2.45, 2.75) is 20.5 Å². The fraction of sp³-hybridized carbons (Fsp3) is 0.350.